The summed E-state index contributed by atoms with van der Waals surface area (Å²) in [5.41, 5.74) is 2.34. The third-order valence-corrected chi connectivity index (χ3v) is 6.18. The highest BCUT2D eigenvalue weighted by Gasteiger charge is 2.29. The predicted octanol–water partition coefficient (Wildman–Crippen LogP) is 6.20. The molecule has 166 valence electrons. The molecule has 0 radical (unpaired) electrons. The van der Waals surface area contributed by atoms with Crippen LogP contribution in [0.15, 0.2) is 30.5 Å². The lowest BCUT2D eigenvalue weighted by molar-refractivity contribution is -0.122. The molecule has 6 nitrogen and oxygen atoms in total. The number of nitrogens with zero attached hydrogens (tertiary/aromatic N) is 3. The number of benzene rings is 1. The first-order valence-electron chi connectivity index (χ1n) is 10.9. The molecule has 1 aromatic heterocycles. The van der Waals surface area contributed by atoms with E-state index in [0.717, 1.165) is 24.2 Å². The maximum atomic E-state index is 12.9. The molecular formula is C25H34N4O2. The first-order chi connectivity index (χ1) is 14.6. The van der Waals surface area contributed by atoms with Crippen molar-refractivity contribution in [2.24, 2.45) is 0 Å². The molecule has 0 saturated carbocycles. The lowest BCUT2D eigenvalue weighted by atomic mass is 9.76. The van der Waals surface area contributed by atoms with Crippen LogP contribution in [0, 0.1) is 6.57 Å². The van der Waals surface area contributed by atoms with Gasteiger partial charge in [-0.3, -0.25) is 10.1 Å². The Hall–Kier alpha value is -2.94. The predicted molar refractivity (Wildman–Crippen MR) is 125 cm³/mol. The van der Waals surface area contributed by atoms with Gasteiger partial charge < -0.3 is 9.58 Å². The van der Waals surface area contributed by atoms with Crippen LogP contribution in [0.1, 0.15) is 78.9 Å². The van der Waals surface area contributed by atoms with E-state index in [1.165, 1.54) is 11.8 Å². The van der Waals surface area contributed by atoms with Gasteiger partial charge in [-0.15, -0.1) is 11.6 Å². The molecule has 0 bridgehead atoms. The number of amides is 1. The van der Waals surface area contributed by atoms with Crippen molar-refractivity contribution < 1.29 is 9.53 Å². The average molecular weight is 423 g/mol. The summed E-state index contributed by atoms with van der Waals surface area (Å²) in [6.45, 7) is 22.2. The van der Waals surface area contributed by atoms with Crippen molar-refractivity contribution >= 4 is 17.7 Å². The number of carbonyl (C=O) groups excluding carboxylic acids is 1. The topological polar surface area (TPSA) is 68.5 Å². The molecule has 0 aliphatic heterocycles. The smallest absolute Gasteiger partial charge is 0.373 e. The number of nitrogens with one attached hydrogen (secondary N) is 1. The fourth-order valence-electron chi connectivity index (χ4n) is 3.13. The zero-order valence-electron chi connectivity index (χ0n) is 19.7. The first kappa shape index (κ1) is 24.3. The Balaban J connectivity index is 2.35. The number of aromatic nitrogens is 2. The second-order valence-corrected chi connectivity index (χ2v) is 9.04. The Kier molecular flexibility index (Phi) is 7.78. The minimum Gasteiger partial charge on any atom is -0.480 e. The fourth-order valence-corrected chi connectivity index (χ4v) is 3.13. The largest absolute Gasteiger partial charge is 0.480 e. The van der Waals surface area contributed by atoms with Crippen LogP contribution < -0.4 is 10.1 Å². The molecule has 1 heterocycles. The van der Waals surface area contributed by atoms with Crippen molar-refractivity contribution in [2.45, 2.75) is 84.7 Å². The van der Waals surface area contributed by atoms with Crippen molar-refractivity contribution in [3.05, 3.63) is 53.0 Å². The summed E-state index contributed by atoms with van der Waals surface area (Å²) in [5, 5.41) is 2.75. The highest BCUT2D eigenvalue weighted by atomic mass is 16.5. The molecule has 0 spiro atoms. The second-order valence-electron chi connectivity index (χ2n) is 9.04. The molecule has 0 aliphatic rings. The van der Waals surface area contributed by atoms with Crippen molar-refractivity contribution in [2.75, 3.05) is 5.32 Å². The van der Waals surface area contributed by atoms with E-state index >= 15 is 0 Å². The van der Waals surface area contributed by atoms with Crippen LogP contribution in [-0.4, -0.2) is 22.0 Å². The molecule has 1 aromatic carbocycles. The van der Waals surface area contributed by atoms with Crippen molar-refractivity contribution in [1.82, 2.24) is 9.97 Å². The molecule has 0 aliphatic carbocycles. The summed E-state index contributed by atoms with van der Waals surface area (Å²) in [6.07, 6.45) is 3.25. The van der Waals surface area contributed by atoms with Gasteiger partial charge in [-0.1, -0.05) is 60.6 Å². The quantitative estimate of drug-likeness (QED) is 0.489. The zero-order valence-corrected chi connectivity index (χ0v) is 19.7. The fraction of sp³-hybridized carbons (Fsp3) is 0.520. The molecule has 1 unspecified atom stereocenters. The monoisotopic (exact) mass is 422 g/mol. The van der Waals surface area contributed by atoms with Crippen molar-refractivity contribution in [3.8, 4) is 5.75 Å². The minimum atomic E-state index is -0.678. The van der Waals surface area contributed by atoms with Gasteiger partial charge in [-0.2, -0.15) is 4.98 Å². The van der Waals surface area contributed by atoms with Crippen LogP contribution in [0.4, 0.5) is 11.8 Å². The summed E-state index contributed by atoms with van der Waals surface area (Å²) in [5.74, 6) is 0.722. The van der Waals surface area contributed by atoms with E-state index < -0.39 is 6.10 Å². The lowest BCUT2D eigenvalue weighted by Crippen LogP contribution is -2.33. The third-order valence-electron chi connectivity index (χ3n) is 6.18. The summed E-state index contributed by atoms with van der Waals surface area (Å²) in [7, 11) is 0. The van der Waals surface area contributed by atoms with Gasteiger partial charge in [-0.05, 0) is 41.7 Å². The summed E-state index contributed by atoms with van der Waals surface area (Å²) in [4.78, 5) is 23.9. The maximum Gasteiger partial charge on any atom is 0.373 e. The second kappa shape index (κ2) is 9.91. The third kappa shape index (κ3) is 5.81. The van der Waals surface area contributed by atoms with Gasteiger partial charge in [0.25, 0.3) is 5.91 Å². The van der Waals surface area contributed by atoms with Gasteiger partial charge in [-0.25, -0.2) is 0 Å². The van der Waals surface area contributed by atoms with E-state index in [-0.39, 0.29) is 22.7 Å². The van der Waals surface area contributed by atoms with Gasteiger partial charge in [0.1, 0.15) is 5.75 Å². The van der Waals surface area contributed by atoms with Crippen LogP contribution in [0.5, 0.6) is 5.75 Å². The Morgan fingerprint density at radius 3 is 2.39 bits per heavy atom. The molecule has 1 atom stereocenters. The van der Waals surface area contributed by atoms with Crippen LogP contribution in [-0.2, 0) is 15.6 Å². The molecule has 0 fully saturated rings. The van der Waals surface area contributed by atoms with Crippen LogP contribution in [0.2, 0.25) is 0 Å². The highest BCUT2D eigenvalue weighted by molar-refractivity contribution is 5.93. The Bertz CT molecular complexity index is 960. The number of hydrogen-bond donors (Lipinski definition) is 1. The first-order valence-corrected chi connectivity index (χ1v) is 10.9. The van der Waals surface area contributed by atoms with Gasteiger partial charge >= 0.3 is 5.95 Å². The Morgan fingerprint density at radius 1 is 1.13 bits per heavy atom. The molecular weight excluding hydrogens is 388 g/mol. The van der Waals surface area contributed by atoms with Crippen molar-refractivity contribution in [1.29, 1.82) is 0 Å². The number of ether oxygens (including phenoxy) is 1. The molecule has 2 rings (SSSR count). The van der Waals surface area contributed by atoms with Gasteiger partial charge in [0.2, 0.25) is 0 Å². The standard InChI is InChI=1S/C25H34N4O2/c1-9-19(22(30)28-21-14-15-27-23(26-8)29-21)31-20-13-12-17(24(4,5)10-2)16-18(20)25(6,7)11-3/h12-16,19H,9-11H2,1-7H3,(H,27,28,29,30). The Morgan fingerprint density at radius 2 is 1.81 bits per heavy atom. The molecule has 2 aromatic rings. The number of hydrogen-bond acceptors (Lipinski definition) is 4. The zero-order chi connectivity index (χ0) is 23.2. The minimum absolute atomic E-state index is 0.00660. The Labute approximate surface area is 186 Å². The van der Waals surface area contributed by atoms with Gasteiger partial charge in [0.15, 0.2) is 11.9 Å². The van der Waals surface area contributed by atoms with E-state index in [4.69, 9.17) is 11.3 Å². The normalized spacial score (nSPS) is 12.7. The molecule has 6 heteroatoms. The van der Waals surface area contributed by atoms with E-state index in [1.54, 1.807) is 6.07 Å². The van der Waals surface area contributed by atoms with E-state index in [1.807, 2.05) is 13.0 Å². The molecule has 1 amide bonds. The van der Waals surface area contributed by atoms with Gasteiger partial charge in [0.05, 0.1) is 6.20 Å². The lowest BCUT2D eigenvalue weighted by Gasteiger charge is -2.31. The summed E-state index contributed by atoms with van der Waals surface area (Å²) in [6, 6.07) is 7.90. The van der Waals surface area contributed by atoms with E-state index in [2.05, 4.69) is 73.8 Å². The van der Waals surface area contributed by atoms with E-state index in [9.17, 15) is 4.79 Å². The maximum absolute atomic E-state index is 12.9. The molecule has 1 N–H and O–H groups in total. The van der Waals surface area contributed by atoms with Gasteiger partial charge in [0, 0.05) is 11.6 Å². The van der Waals surface area contributed by atoms with E-state index in [0.29, 0.717) is 12.2 Å². The number of carbonyl (C=O) groups is 1. The molecule has 31 heavy (non-hydrogen) atoms. The summed E-state index contributed by atoms with van der Waals surface area (Å²) < 4.78 is 6.26. The number of rotatable bonds is 9. The van der Waals surface area contributed by atoms with Crippen molar-refractivity contribution in [3.63, 3.8) is 0 Å². The van der Waals surface area contributed by atoms with Crippen LogP contribution in [0.3, 0.4) is 0 Å². The SMILES string of the molecule is [C-]#[N+]c1nccc(NC(=O)C(CC)Oc2ccc(C(C)(C)CC)cc2C(C)(C)CC)n1. The number of anilines is 1. The summed E-state index contributed by atoms with van der Waals surface area (Å²) >= 11 is 0. The van der Waals surface area contributed by atoms with Crippen LogP contribution >= 0.6 is 0 Å². The highest BCUT2D eigenvalue weighted by Crippen LogP contribution is 2.39. The molecule has 0 saturated heterocycles. The average Bonchev–Trinajstić information content (AvgIpc) is 2.77. The van der Waals surface area contributed by atoms with Crippen LogP contribution in [0.25, 0.3) is 4.85 Å².